The summed E-state index contributed by atoms with van der Waals surface area (Å²) in [4.78, 5) is 39.8. The Labute approximate surface area is 180 Å². The van der Waals surface area contributed by atoms with Gasteiger partial charge in [0.1, 0.15) is 5.78 Å². The number of carbonyl (C=O) groups is 3. The lowest BCUT2D eigenvalue weighted by Crippen LogP contribution is -2.47. The molecule has 1 aromatic carbocycles. The van der Waals surface area contributed by atoms with Crippen LogP contribution in [-0.4, -0.2) is 41.6 Å². The standard InChI is InChI=1S/C25H36N2O3/c1-2-3-5-9-19-13-15-20(16-14-19)23(28)18-27-17-8-12-22(27)25(30)26-24(29)21-10-6-4-7-11-21/h4,6-7,10-11,19-20,22H,2-3,5,8-9,12-18H2,1H3,(H,26,29,30)/t19?,20?,22-/m1/s1. The van der Waals surface area contributed by atoms with Crippen molar-refractivity contribution in [2.75, 3.05) is 13.1 Å². The topological polar surface area (TPSA) is 66.5 Å². The molecule has 0 bridgehead atoms. The van der Waals surface area contributed by atoms with E-state index in [1.165, 1.54) is 25.7 Å². The molecule has 0 radical (unpaired) electrons. The largest absolute Gasteiger partial charge is 0.298 e. The second-order valence-electron chi connectivity index (χ2n) is 8.99. The zero-order chi connectivity index (χ0) is 21.3. The summed E-state index contributed by atoms with van der Waals surface area (Å²) in [5, 5.41) is 2.52. The number of likely N-dealkylation sites (tertiary alicyclic amines) is 1. The molecule has 0 spiro atoms. The van der Waals surface area contributed by atoms with E-state index >= 15 is 0 Å². The van der Waals surface area contributed by atoms with Crippen molar-refractivity contribution < 1.29 is 14.4 Å². The highest BCUT2D eigenvalue weighted by atomic mass is 16.2. The minimum Gasteiger partial charge on any atom is -0.298 e. The van der Waals surface area contributed by atoms with E-state index in [2.05, 4.69) is 12.2 Å². The molecular weight excluding hydrogens is 376 g/mol. The van der Waals surface area contributed by atoms with Crippen LogP contribution in [0.4, 0.5) is 0 Å². The first-order valence-electron chi connectivity index (χ1n) is 11.8. The number of Topliss-reactive ketones (excluding diaryl/α,β-unsaturated/α-hetero) is 1. The van der Waals surface area contributed by atoms with Gasteiger partial charge in [-0.3, -0.25) is 24.6 Å². The van der Waals surface area contributed by atoms with Crippen LogP contribution in [0.5, 0.6) is 0 Å². The molecule has 1 heterocycles. The van der Waals surface area contributed by atoms with Crippen molar-refractivity contribution in [3.8, 4) is 0 Å². The molecule has 2 fully saturated rings. The highest BCUT2D eigenvalue weighted by Gasteiger charge is 2.35. The minimum absolute atomic E-state index is 0.141. The fourth-order valence-electron chi connectivity index (χ4n) is 4.95. The highest BCUT2D eigenvalue weighted by Crippen LogP contribution is 2.33. The maximum absolute atomic E-state index is 12.9. The first-order valence-corrected chi connectivity index (χ1v) is 11.8. The van der Waals surface area contributed by atoms with Gasteiger partial charge in [0.05, 0.1) is 12.6 Å². The van der Waals surface area contributed by atoms with Gasteiger partial charge in [-0.1, -0.05) is 50.8 Å². The van der Waals surface area contributed by atoms with Crippen LogP contribution in [0.3, 0.4) is 0 Å². The minimum atomic E-state index is -0.382. The normalized spacial score (nSPS) is 24.5. The van der Waals surface area contributed by atoms with Crippen molar-refractivity contribution in [2.45, 2.75) is 77.2 Å². The van der Waals surface area contributed by atoms with Crippen LogP contribution in [0.1, 0.15) is 81.5 Å². The number of carbonyl (C=O) groups excluding carboxylic acids is 3. The Morgan fingerprint density at radius 2 is 1.73 bits per heavy atom. The van der Waals surface area contributed by atoms with E-state index in [1.807, 2.05) is 11.0 Å². The van der Waals surface area contributed by atoms with Crippen LogP contribution >= 0.6 is 0 Å². The molecule has 0 aromatic heterocycles. The number of ketones is 1. The first-order chi connectivity index (χ1) is 14.6. The number of hydrogen-bond acceptors (Lipinski definition) is 4. The predicted octanol–water partition coefficient (Wildman–Crippen LogP) is 4.36. The fraction of sp³-hybridized carbons (Fsp3) is 0.640. The summed E-state index contributed by atoms with van der Waals surface area (Å²) in [7, 11) is 0. The predicted molar refractivity (Wildman–Crippen MR) is 118 cm³/mol. The number of rotatable bonds is 9. The number of benzene rings is 1. The molecule has 0 unspecified atom stereocenters. The van der Waals surface area contributed by atoms with Crippen LogP contribution in [-0.2, 0) is 9.59 Å². The maximum atomic E-state index is 12.9. The van der Waals surface area contributed by atoms with Crippen LogP contribution in [0.15, 0.2) is 30.3 Å². The molecule has 1 atom stereocenters. The van der Waals surface area contributed by atoms with Gasteiger partial charge >= 0.3 is 0 Å². The third-order valence-electron chi connectivity index (χ3n) is 6.82. The summed E-state index contributed by atoms with van der Waals surface area (Å²) >= 11 is 0. The molecule has 3 rings (SSSR count). The molecular formula is C25H36N2O3. The molecule has 5 heteroatoms. The molecule has 1 aliphatic carbocycles. The van der Waals surface area contributed by atoms with E-state index in [0.717, 1.165) is 44.6 Å². The van der Waals surface area contributed by atoms with Gasteiger partial charge in [0.25, 0.3) is 5.91 Å². The summed E-state index contributed by atoms with van der Waals surface area (Å²) in [5.41, 5.74) is 0.474. The van der Waals surface area contributed by atoms with Crippen molar-refractivity contribution in [3.05, 3.63) is 35.9 Å². The number of imide groups is 1. The van der Waals surface area contributed by atoms with E-state index < -0.39 is 0 Å². The molecule has 164 valence electrons. The van der Waals surface area contributed by atoms with E-state index in [1.54, 1.807) is 24.3 Å². The molecule has 1 aromatic rings. The van der Waals surface area contributed by atoms with Crippen molar-refractivity contribution in [3.63, 3.8) is 0 Å². The molecule has 2 aliphatic rings. The molecule has 30 heavy (non-hydrogen) atoms. The van der Waals surface area contributed by atoms with Crippen molar-refractivity contribution in [1.82, 2.24) is 10.2 Å². The Morgan fingerprint density at radius 3 is 2.43 bits per heavy atom. The lowest BCUT2D eigenvalue weighted by atomic mass is 9.78. The smallest absolute Gasteiger partial charge is 0.257 e. The Kier molecular flexibility index (Phi) is 8.61. The van der Waals surface area contributed by atoms with E-state index in [9.17, 15) is 14.4 Å². The summed E-state index contributed by atoms with van der Waals surface area (Å²) in [6.45, 7) is 3.32. The highest BCUT2D eigenvalue weighted by molar-refractivity contribution is 6.06. The Bertz CT molecular complexity index is 710. The Hall–Kier alpha value is -2.01. The summed E-state index contributed by atoms with van der Waals surface area (Å²) in [6, 6.07) is 8.39. The average Bonchev–Trinajstić information content (AvgIpc) is 3.23. The monoisotopic (exact) mass is 412 g/mol. The van der Waals surface area contributed by atoms with Crippen LogP contribution < -0.4 is 5.32 Å². The van der Waals surface area contributed by atoms with Gasteiger partial charge in [0, 0.05) is 11.5 Å². The number of unbranched alkanes of at least 4 members (excludes halogenated alkanes) is 2. The molecule has 5 nitrogen and oxygen atoms in total. The zero-order valence-corrected chi connectivity index (χ0v) is 18.3. The third kappa shape index (κ3) is 6.24. The SMILES string of the molecule is CCCCCC1CCC(C(=O)CN2CCC[C@@H]2C(=O)NC(=O)c2ccccc2)CC1. The summed E-state index contributed by atoms with van der Waals surface area (Å²) < 4.78 is 0. The lowest BCUT2D eigenvalue weighted by molar-refractivity contribution is -0.128. The van der Waals surface area contributed by atoms with E-state index in [0.29, 0.717) is 18.5 Å². The maximum Gasteiger partial charge on any atom is 0.257 e. The van der Waals surface area contributed by atoms with Gasteiger partial charge in [-0.25, -0.2) is 0 Å². The zero-order valence-electron chi connectivity index (χ0n) is 18.3. The van der Waals surface area contributed by atoms with Crippen LogP contribution in [0.25, 0.3) is 0 Å². The molecule has 1 N–H and O–H groups in total. The van der Waals surface area contributed by atoms with Gasteiger partial charge in [0.2, 0.25) is 5.91 Å². The molecule has 1 saturated heterocycles. The van der Waals surface area contributed by atoms with E-state index in [-0.39, 0.29) is 29.6 Å². The van der Waals surface area contributed by atoms with Gasteiger partial charge in [-0.2, -0.15) is 0 Å². The quantitative estimate of drug-likeness (QED) is 0.483. The second-order valence-corrected chi connectivity index (χ2v) is 8.99. The number of amides is 2. The van der Waals surface area contributed by atoms with Crippen molar-refractivity contribution in [1.29, 1.82) is 0 Å². The second kappa shape index (κ2) is 11.4. The molecule has 2 amide bonds. The third-order valence-corrected chi connectivity index (χ3v) is 6.82. The average molecular weight is 413 g/mol. The van der Waals surface area contributed by atoms with Crippen molar-refractivity contribution in [2.24, 2.45) is 11.8 Å². The summed E-state index contributed by atoms with van der Waals surface area (Å²) in [5.74, 6) is 0.544. The number of nitrogens with one attached hydrogen (secondary N) is 1. The molecule has 1 saturated carbocycles. The fourth-order valence-corrected chi connectivity index (χ4v) is 4.95. The van der Waals surface area contributed by atoms with E-state index in [4.69, 9.17) is 0 Å². The Morgan fingerprint density at radius 1 is 1.00 bits per heavy atom. The number of nitrogens with zero attached hydrogens (tertiary/aromatic N) is 1. The van der Waals surface area contributed by atoms with Crippen LogP contribution in [0, 0.1) is 11.8 Å². The summed E-state index contributed by atoms with van der Waals surface area (Å²) in [6.07, 6.45) is 11.1. The first kappa shape index (κ1) is 22.7. The lowest BCUT2D eigenvalue weighted by Gasteiger charge is -2.30. The Balaban J connectivity index is 1.46. The van der Waals surface area contributed by atoms with Crippen LogP contribution in [0.2, 0.25) is 0 Å². The van der Waals surface area contributed by atoms with Gasteiger partial charge < -0.3 is 0 Å². The van der Waals surface area contributed by atoms with Gasteiger partial charge in [0.15, 0.2) is 0 Å². The van der Waals surface area contributed by atoms with Crippen molar-refractivity contribution >= 4 is 17.6 Å². The number of hydrogen-bond donors (Lipinski definition) is 1. The van der Waals surface area contributed by atoms with Gasteiger partial charge in [-0.05, 0) is 63.1 Å². The molecule has 1 aliphatic heterocycles. The van der Waals surface area contributed by atoms with Gasteiger partial charge in [-0.15, -0.1) is 0 Å².